The second-order valence-electron chi connectivity index (χ2n) is 15.0. The fraction of sp³-hybridized carbons (Fsp3) is 0.0962. The van der Waals surface area contributed by atoms with Crippen LogP contribution in [0.2, 0.25) is 0 Å². The number of nitrogens with zero attached hydrogens (tertiary/aromatic N) is 3. The van der Waals surface area contributed by atoms with Crippen molar-refractivity contribution in [2.24, 2.45) is 0 Å². The Bertz CT molecular complexity index is 2750. The highest BCUT2D eigenvalue weighted by molar-refractivity contribution is 5.88. The van der Waals surface area contributed by atoms with E-state index in [2.05, 4.69) is 182 Å². The van der Waals surface area contributed by atoms with Gasteiger partial charge in [0.15, 0.2) is 17.5 Å². The molecular weight excluding hydrogens is 683 g/mol. The summed E-state index contributed by atoms with van der Waals surface area (Å²) in [6.07, 6.45) is 15.1. The standard InChI is InChI=1S/C52H37N3O/c1-3-15-34(16-4-1)36-19-13-21-38(31-36)49-53-50(39-22-14-20-37(32-39)35-17-5-2-6-18-35)55-51(54-49)40-29-30-48-46(33-40)52(45-27-11-12-28-47(45)56-48)43-25-9-7-23-41(43)42-24-8-10-26-44(42)52/h1-19,21-27,29-33,37,47H,20,28H2. The fourth-order valence-corrected chi connectivity index (χ4v) is 9.29. The molecule has 2 atom stereocenters. The molecule has 2 unspecified atom stereocenters. The number of aromatic nitrogens is 3. The lowest BCUT2D eigenvalue weighted by molar-refractivity contribution is 0.205. The van der Waals surface area contributed by atoms with Crippen LogP contribution >= 0.6 is 0 Å². The van der Waals surface area contributed by atoms with Crippen molar-refractivity contribution in [2.75, 3.05) is 0 Å². The van der Waals surface area contributed by atoms with Crippen molar-refractivity contribution in [1.82, 2.24) is 15.0 Å². The molecule has 4 nitrogen and oxygen atoms in total. The largest absolute Gasteiger partial charge is 0.485 e. The number of hydrogen-bond donors (Lipinski definition) is 0. The van der Waals surface area contributed by atoms with Gasteiger partial charge in [0, 0.05) is 34.6 Å². The van der Waals surface area contributed by atoms with Gasteiger partial charge in [0.25, 0.3) is 0 Å². The van der Waals surface area contributed by atoms with Crippen LogP contribution < -0.4 is 4.74 Å². The Morgan fingerprint density at radius 3 is 1.93 bits per heavy atom. The molecule has 0 bridgehead atoms. The highest BCUT2D eigenvalue weighted by Crippen LogP contribution is 2.61. The molecule has 4 aliphatic rings. The molecule has 7 aromatic rings. The van der Waals surface area contributed by atoms with Gasteiger partial charge < -0.3 is 4.74 Å². The van der Waals surface area contributed by atoms with Crippen LogP contribution in [0.3, 0.4) is 0 Å². The summed E-state index contributed by atoms with van der Waals surface area (Å²) in [6, 6.07) is 53.9. The third kappa shape index (κ3) is 5.17. The van der Waals surface area contributed by atoms with Crippen molar-refractivity contribution in [3.8, 4) is 50.8 Å². The minimum atomic E-state index is -0.521. The third-order valence-corrected chi connectivity index (χ3v) is 11.8. The van der Waals surface area contributed by atoms with Crippen LogP contribution in [0.15, 0.2) is 194 Å². The average molecular weight is 720 g/mol. The van der Waals surface area contributed by atoms with Gasteiger partial charge in [0.05, 0.1) is 5.41 Å². The Morgan fingerprint density at radius 1 is 0.518 bits per heavy atom. The van der Waals surface area contributed by atoms with Crippen LogP contribution in [0.25, 0.3) is 50.6 Å². The molecule has 3 aliphatic carbocycles. The predicted octanol–water partition coefficient (Wildman–Crippen LogP) is 12.0. The monoisotopic (exact) mass is 719 g/mol. The lowest BCUT2D eigenvalue weighted by Gasteiger charge is -2.45. The van der Waals surface area contributed by atoms with Crippen molar-refractivity contribution in [2.45, 2.75) is 30.3 Å². The van der Waals surface area contributed by atoms with E-state index in [4.69, 9.17) is 19.7 Å². The van der Waals surface area contributed by atoms with E-state index in [-0.39, 0.29) is 12.0 Å². The maximum absolute atomic E-state index is 6.87. The first-order valence-corrected chi connectivity index (χ1v) is 19.5. The minimum Gasteiger partial charge on any atom is -0.485 e. The summed E-state index contributed by atoms with van der Waals surface area (Å²) in [5.41, 5.74) is 13.4. The molecule has 0 saturated carbocycles. The Morgan fingerprint density at radius 2 is 1.16 bits per heavy atom. The fourth-order valence-electron chi connectivity index (χ4n) is 9.29. The van der Waals surface area contributed by atoms with Crippen molar-refractivity contribution < 1.29 is 4.74 Å². The van der Waals surface area contributed by atoms with Crippen molar-refractivity contribution >= 4 is 5.57 Å². The first-order valence-electron chi connectivity index (χ1n) is 19.5. The molecule has 0 saturated heterocycles. The molecule has 11 rings (SSSR count). The van der Waals surface area contributed by atoms with Crippen LogP contribution in [0, 0.1) is 0 Å². The maximum Gasteiger partial charge on any atom is 0.164 e. The van der Waals surface area contributed by atoms with Gasteiger partial charge in [-0.1, -0.05) is 164 Å². The first kappa shape index (κ1) is 32.5. The number of benzene rings is 6. The van der Waals surface area contributed by atoms with E-state index in [9.17, 15) is 0 Å². The quantitative estimate of drug-likeness (QED) is 0.178. The van der Waals surface area contributed by atoms with Gasteiger partial charge in [-0.3, -0.25) is 0 Å². The lowest BCUT2D eigenvalue weighted by Crippen LogP contribution is -2.42. The Hall–Kier alpha value is -6.91. The second-order valence-corrected chi connectivity index (χ2v) is 15.0. The highest BCUT2D eigenvalue weighted by atomic mass is 16.5. The summed E-state index contributed by atoms with van der Waals surface area (Å²) in [4.78, 5) is 15.8. The van der Waals surface area contributed by atoms with Crippen LogP contribution in [-0.4, -0.2) is 21.1 Å². The van der Waals surface area contributed by atoms with Crippen LogP contribution in [-0.2, 0) is 5.41 Å². The Kier molecular flexibility index (Phi) is 7.63. The zero-order valence-electron chi connectivity index (χ0n) is 30.7. The molecule has 0 amide bonds. The normalized spacial score (nSPS) is 18.2. The maximum atomic E-state index is 6.87. The van der Waals surface area contributed by atoms with Gasteiger partial charge in [0.1, 0.15) is 11.9 Å². The Balaban J connectivity index is 1.12. The minimum absolute atomic E-state index is 0.0626. The number of hydrogen-bond acceptors (Lipinski definition) is 4. The molecule has 56 heavy (non-hydrogen) atoms. The van der Waals surface area contributed by atoms with Crippen molar-refractivity contribution in [1.29, 1.82) is 0 Å². The van der Waals surface area contributed by atoms with Gasteiger partial charge in [0.2, 0.25) is 0 Å². The predicted molar refractivity (Wildman–Crippen MR) is 225 cm³/mol. The molecule has 1 spiro atoms. The molecule has 6 aromatic carbocycles. The van der Waals surface area contributed by atoms with Gasteiger partial charge in [-0.15, -0.1) is 0 Å². The van der Waals surface area contributed by atoms with E-state index in [1.54, 1.807) is 0 Å². The second kappa shape index (κ2) is 13.1. The molecule has 0 N–H and O–H groups in total. The average Bonchev–Trinajstić information content (AvgIpc) is 3.57. The van der Waals surface area contributed by atoms with E-state index < -0.39 is 5.41 Å². The smallest absolute Gasteiger partial charge is 0.164 e. The van der Waals surface area contributed by atoms with E-state index in [1.165, 1.54) is 33.4 Å². The van der Waals surface area contributed by atoms with Crippen LogP contribution in [0.4, 0.5) is 0 Å². The number of allylic oxidation sites excluding steroid dienone is 6. The van der Waals surface area contributed by atoms with Crippen LogP contribution in [0.1, 0.15) is 46.8 Å². The lowest BCUT2D eigenvalue weighted by atomic mass is 9.63. The summed E-state index contributed by atoms with van der Waals surface area (Å²) in [6.45, 7) is 0. The van der Waals surface area contributed by atoms with Crippen LogP contribution in [0.5, 0.6) is 5.75 Å². The van der Waals surface area contributed by atoms with E-state index >= 15 is 0 Å². The molecule has 2 heterocycles. The number of rotatable bonds is 5. The third-order valence-electron chi connectivity index (χ3n) is 11.8. The molecule has 266 valence electrons. The topological polar surface area (TPSA) is 47.9 Å². The molecule has 0 radical (unpaired) electrons. The first-order chi connectivity index (χ1) is 27.7. The SMILES string of the molecule is C1=CCC2Oc3ccc(-c4nc(C5=CC(c6ccccc6)CC=C5)nc(-c5cccc(-c6ccccc6)c5)n4)cc3C3(C2=C1)c1ccccc1-c1ccccc13. The highest BCUT2D eigenvalue weighted by Gasteiger charge is 2.53. The summed E-state index contributed by atoms with van der Waals surface area (Å²) in [5, 5.41) is 0. The zero-order valence-corrected chi connectivity index (χ0v) is 30.7. The molecular formula is C52H37N3O. The molecule has 0 fully saturated rings. The Labute approximate surface area is 327 Å². The summed E-state index contributed by atoms with van der Waals surface area (Å²) >= 11 is 0. The van der Waals surface area contributed by atoms with Gasteiger partial charge >= 0.3 is 0 Å². The van der Waals surface area contributed by atoms with E-state index in [0.717, 1.165) is 52.0 Å². The summed E-state index contributed by atoms with van der Waals surface area (Å²) in [5.74, 6) is 3.05. The van der Waals surface area contributed by atoms with E-state index in [1.807, 2.05) is 6.07 Å². The van der Waals surface area contributed by atoms with E-state index in [0.29, 0.717) is 17.5 Å². The van der Waals surface area contributed by atoms with Gasteiger partial charge in [-0.2, -0.15) is 0 Å². The zero-order chi connectivity index (χ0) is 37.1. The summed E-state index contributed by atoms with van der Waals surface area (Å²) in [7, 11) is 0. The summed E-state index contributed by atoms with van der Waals surface area (Å²) < 4.78 is 6.87. The molecule has 1 aromatic heterocycles. The van der Waals surface area contributed by atoms with Gasteiger partial charge in [-0.25, -0.2) is 15.0 Å². The number of ether oxygens (including phenoxy) is 1. The molecule has 4 heteroatoms. The number of fused-ring (bicyclic) bond motifs is 9. The van der Waals surface area contributed by atoms with Crippen molar-refractivity contribution in [3.05, 3.63) is 222 Å². The van der Waals surface area contributed by atoms with Crippen molar-refractivity contribution in [3.63, 3.8) is 0 Å². The van der Waals surface area contributed by atoms with Gasteiger partial charge in [-0.05, 0) is 75.2 Å². The molecule has 1 aliphatic heterocycles.